The number of nitrogens with zero attached hydrogens (tertiary/aromatic N) is 2. The Morgan fingerprint density at radius 2 is 2.41 bits per heavy atom. The number of hydrogen-bond donors (Lipinski definition) is 2. The quantitative estimate of drug-likeness (QED) is 0.590. The molecule has 2 rings (SSSR count). The summed E-state index contributed by atoms with van der Waals surface area (Å²) in [7, 11) is 1.32. The second-order valence-electron chi connectivity index (χ2n) is 4.48. The number of nitrogens with one attached hydrogen (secondary N) is 1. The van der Waals surface area contributed by atoms with Gasteiger partial charge in [0.1, 0.15) is 17.1 Å². The van der Waals surface area contributed by atoms with E-state index in [4.69, 9.17) is 15.3 Å². The van der Waals surface area contributed by atoms with Crippen molar-refractivity contribution in [2.24, 2.45) is 10.9 Å². The smallest absolute Gasteiger partial charge is 0.327 e. The fourth-order valence-corrected chi connectivity index (χ4v) is 1.92. The zero-order valence-corrected chi connectivity index (χ0v) is 11.5. The molecule has 0 spiro atoms. The zero-order chi connectivity index (χ0) is 16.3. The summed E-state index contributed by atoms with van der Waals surface area (Å²) < 4.78 is 18.6. The molecule has 0 fully saturated rings. The Morgan fingerprint density at radius 1 is 1.68 bits per heavy atom. The fraction of sp³-hybridized carbons (Fsp3) is 0.333. The summed E-state index contributed by atoms with van der Waals surface area (Å²) in [6.45, 7) is 0.0771. The van der Waals surface area contributed by atoms with Gasteiger partial charge in [-0.2, -0.15) is 4.39 Å². The molecule has 0 bridgehead atoms. The van der Waals surface area contributed by atoms with Crippen molar-refractivity contribution in [2.75, 3.05) is 19.0 Å². The van der Waals surface area contributed by atoms with Gasteiger partial charge in [-0.25, -0.2) is 0 Å². The number of oxime groups is 1. The van der Waals surface area contributed by atoms with Crippen molar-refractivity contribution in [1.82, 2.24) is 0 Å². The largest absolute Gasteiger partial charge is 0.497 e. The highest BCUT2D eigenvalue weighted by molar-refractivity contribution is 6.38. The van der Waals surface area contributed by atoms with Crippen LogP contribution >= 0.6 is 0 Å². The van der Waals surface area contributed by atoms with Crippen LogP contribution in [0, 0.1) is 15.9 Å². The van der Waals surface area contributed by atoms with Crippen molar-refractivity contribution in [3.63, 3.8) is 0 Å². The molecule has 10 heteroatoms. The van der Waals surface area contributed by atoms with Crippen LogP contribution in [-0.2, 0) is 9.63 Å². The third-order valence-corrected chi connectivity index (χ3v) is 2.99. The molecule has 1 unspecified atom stereocenters. The summed E-state index contributed by atoms with van der Waals surface area (Å²) in [6.07, 6.45) is -0.362. The van der Waals surface area contributed by atoms with E-state index in [9.17, 15) is 19.3 Å². The third-order valence-electron chi connectivity index (χ3n) is 2.99. The summed E-state index contributed by atoms with van der Waals surface area (Å²) in [4.78, 5) is 26.0. The molecule has 1 aromatic carbocycles. The van der Waals surface area contributed by atoms with Crippen LogP contribution in [0.1, 0.15) is 6.42 Å². The van der Waals surface area contributed by atoms with Gasteiger partial charge < -0.3 is 20.6 Å². The van der Waals surface area contributed by atoms with Crippen LogP contribution < -0.4 is 15.8 Å². The number of methoxy groups -OCH3 is 1. The number of nitrogens with two attached hydrogens (primary N) is 1. The highest BCUT2D eigenvalue weighted by Crippen LogP contribution is 2.32. The summed E-state index contributed by atoms with van der Waals surface area (Å²) >= 11 is 0. The van der Waals surface area contributed by atoms with Gasteiger partial charge in [-0.1, -0.05) is 5.16 Å². The van der Waals surface area contributed by atoms with Gasteiger partial charge in [0.05, 0.1) is 18.6 Å². The van der Waals surface area contributed by atoms with E-state index in [0.29, 0.717) is 0 Å². The van der Waals surface area contributed by atoms with Gasteiger partial charge in [0, 0.05) is 18.6 Å². The Morgan fingerprint density at radius 3 is 2.95 bits per heavy atom. The highest BCUT2D eigenvalue weighted by Gasteiger charge is 2.27. The summed E-state index contributed by atoms with van der Waals surface area (Å²) in [5.74, 6) is -1.58. The Balaban J connectivity index is 2.11. The first kappa shape index (κ1) is 15.5. The molecule has 1 heterocycles. The number of rotatable bonds is 6. The Kier molecular flexibility index (Phi) is 4.39. The van der Waals surface area contributed by atoms with Crippen LogP contribution in [0.3, 0.4) is 0 Å². The van der Waals surface area contributed by atoms with Gasteiger partial charge in [0.15, 0.2) is 6.10 Å². The number of anilines is 1. The van der Waals surface area contributed by atoms with Crippen molar-refractivity contribution >= 4 is 23.0 Å². The van der Waals surface area contributed by atoms with E-state index >= 15 is 0 Å². The minimum Gasteiger partial charge on any atom is -0.497 e. The Bertz CT molecular complexity index is 649. The molecule has 9 nitrogen and oxygen atoms in total. The van der Waals surface area contributed by atoms with Crippen LogP contribution in [-0.4, -0.2) is 36.3 Å². The lowest BCUT2D eigenvalue weighted by atomic mass is 10.1. The van der Waals surface area contributed by atoms with E-state index in [1.807, 2.05) is 0 Å². The average Bonchev–Trinajstić information content (AvgIpc) is 2.93. The van der Waals surface area contributed by atoms with Crippen molar-refractivity contribution in [3.8, 4) is 5.75 Å². The number of amides is 1. The average molecular weight is 312 g/mol. The van der Waals surface area contributed by atoms with Gasteiger partial charge in [-0.05, 0) is 0 Å². The molecular formula is C12H13FN4O5. The fourth-order valence-electron chi connectivity index (χ4n) is 1.92. The summed E-state index contributed by atoms with van der Waals surface area (Å²) in [5, 5.41) is 17.2. The van der Waals surface area contributed by atoms with Crippen LogP contribution in [0.4, 0.5) is 15.8 Å². The predicted octanol–water partition coefficient (Wildman–Crippen LogP) is 0.785. The lowest BCUT2D eigenvalue weighted by Gasteiger charge is -2.12. The molecule has 0 saturated heterocycles. The maximum Gasteiger partial charge on any atom is 0.327 e. The number of halogens is 1. The maximum atomic E-state index is 13.7. The lowest BCUT2D eigenvalue weighted by Crippen LogP contribution is -2.26. The summed E-state index contributed by atoms with van der Waals surface area (Å²) in [6, 6.07) is 2.22. The number of benzene rings is 1. The first-order chi connectivity index (χ1) is 10.4. The molecule has 0 saturated carbocycles. The number of hydrogen-bond acceptors (Lipinski definition) is 7. The molecule has 118 valence electrons. The zero-order valence-electron chi connectivity index (χ0n) is 11.5. The second kappa shape index (κ2) is 6.24. The molecule has 22 heavy (non-hydrogen) atoms. The van der Waals surface area contributed by atoms with Crippen molar-refractivity contribution in [2.45, 2.75) is 12.5 Å². The number of carbonyl (C=O) groups excluding carboxylic acids is 1. The van der Waals surface area contributed by atoms with Crippen LogP contribution in [0.2, 0.25) is 0 Å². The molecule has 0 aromatic heterocycles. The van der Waals surface area contributed by atoms with E-state index in [-0.39, 0.29) is 30.1 Å². The molecular weight excluding hydrogens is 299 g/mol. The van der Waals surface area contributed by atoms with Gasteiger partial charge in [-0.15, -0.1) is 0 Å². The monoisotopic (exact) mass is 312 g/mol. The first-order valence-corrected chi connectivity index (χ1v) is 6.20. The van der Waals surface area contributed by atoms with Crippen molar-refractivity contribution in [1.29, 1.82) is 0 Å². The number of nitro groups is 1. The second-order valence-corrected chi connectivity index (χ2v) is 4.48. The molecule has 0 aliphatic carbocycles. The number of carbonyl (C=O) groups is 1. The Labute approximate surface area is 124 Å². The van der Waals surface area contributed by atoms with E-state index in [1.54, 1.807) is 0 Å². The predicted molar refractivity (Wildman–Crippen MR) is 74.2 cm³/mol. The molecule has 1 aromatic rings. The normalized spacial score (nSPS) is 16.6. The van der Waals surface area contributed by atoms with Crippen molar-refractivity contribution in [3.05, 3.63) is 28.1 Å². The third kappa shape index (κ3) is 3.22. The van der Waals surface area contributed by atoms with Crippen LogP contribution in [0.15, 0.2) is 17.3 Å². The number of nitro benzene ring substituents is 1. The van der Waals surface area contributed by atoms with Crippen LogP contribution in [0.25, 0.3) is 0 Å². The van der Waals surface area contributed by atoms with Gasteiger partial charge in [0.2, 0.25) is 5.82 Å². The molecule has 1 aliphatic rings. The van der Waals surface area contributed by atoms with Gasteiger partial charge in [-0.3, -0.25) is 14.9 Å². The van der Waals surface area contributed by atoms with Crippen molar-refractivity contribution < 1.29 is 23.7 Å². The first-order valence-electron chi connectivity index (χ1n) is 6.20. The highest BCUT2D eigenvalue weighted by atomic mass is 19.1. The molecule has 1 aliphatic heterocycles. The van der Waals surface area contributed by atoms with E-state index in [0.717, 1.165) is 6.07 Å². The van der Waals surface area contributed by atoms with Gasteiger partial charge in [0.25, 0.3) is 5.91 Å². The standard InChI is InChI=1S/C12H13FN4O5/c1-21-6-2-8(13)11(17(19)20)9(3-6)15-5-7-4-10(12(14)18)16-22-7/h2-3,7,15H,4-5H2,1H3,(H2,14,18). The maximum absolute atomic E-state index is 13.7. The summed E-state index contributed by atoms with van der Waals surface area (Å²) in [5.41, 5.74) is 4.39. The van der Waals surface area contributed by atoms with E-state index in [1.165, 1.54) is 13.2 Å². The minimum absolute atomic E-state index is 0.0574. The molecule has 1 atom stereocenters. The lowest BCUT2D eigenvalue weighted by molar-refractivity contribution is -0.386. The molecule has 1 amide bonds. The number of ether oxygens (including phenoxy) is 1. The van der Waals surface area contributed by atoms with E-state index in [2.05, 4.69) is 10.5 Å². The minimum atomic E-state index is -1.02. The van der Waals surface area contributed by atoms with Gasteiger partial charge >= 0.3 is 5.69 Å². The van der Waals surface area contributed by atoms with E-state index < -0.39 is 28.4 Å². The Hall–Kier alpha value is -2.91. The SMILES string of the molecule is COc1cc(F)c([N+](=O)[O-])c(NCC2CC(C(N)=O)=NO2)c1. The number of primary amides is 1. The molecule has 3 N–H and O–H groups in total. The molecule has 0 radical (unpaired) electrons. The topological polar surface area (TPSA) is 129 Å². The van der Waals surface area contributed by atoms with Crippen LogP contribution in [0.5, 0.6) is 5.75 Å².